The van der Waals surface area contributed by atoms with Crippen LogP contribution in [0.3, 0.4) is 0 Å². The van der Waals surface area contributed by atoms with E-state index in [2.05, 4.69) is 5.32 Å². The van der Waals surface area contributed by atoms with Crippen LogP contribution in [0.4, 0.5) is 0 Å². The quantitative estimate of drug-likeness (QED) is 0.489. The van der Waals surface area contributed by atoms with E-state index in [0.717, 1.165) is 16.9 Å². The SMILES string of the molecule is CCCNC(=O)C(C)N(Cc1ccc(Cl)cc1)C(=O)CCSc1ccc(Cl)cc1. The highest BCUT2D eigenvalue weighted by Crippen LogP contribution is 2.22. The third kappa shape index (κ3) is 7.92. The summed E-state index contributed by atoms with van der Waals surface area (Å²) in [7, 11) is 0. The fraction of sp³-hybridized carbons (Fsp3) is 0.364. The summed E-state index contributed by atoms with van der Waals surface area (Å²) < 4.78 is 0. The Morgan fingerprint density at radius 1 is 1.03 bits per heavy atom. The van der Waals surface area contributed by atoms with Crippen molar-refractivity contribution in [3.05, 3.63) is 64.1 Å². The van der Waals surface area contributed by atoms with Crippen LogP contribution >= 0.6 is 35.0 Å². The second kappa shape index (κ2) is 12.1. The summed E-state index contributed by atoms with van der Waals surface area (Å²) in [5.41, 5.74) is 0.934. The van der Waals surface area contributed by atoms with E-state index in [-0.39, 0.29) is 11.8 Å². The highest BCUT2D eigenvalue weighted by atomic mass is 35.5. The lowest BCUT2D eigenvalue weighted by Crippen LogP contribution is -2.47. The minimum absolute atomic E-state index is 0.0550. The molecule has 1 atom stereocenters. The van der Waals surface area contributed by atoms with E-state index < -0.39 is 6.04 Å². The summed E-state index contributed by atoms with van der Waals surface area (Å²) in [6.45, 7) is 4.72. The Hall–Kier alpha value is -1.69. The molecule has 1 N–H and O–H groups in total. The minimum atomic E-state index is -0.551. The van der Waals surface area contributed by atoms with Crippen molar-refractivity contribution < 1.29 is 9.59 Å². The van der Waals surface area contributed by atoms with Crippen LogP contribution in [0.1, 0.15) is 32.3 Å². The number of benzene rings is 2. The Labute approximate surface area is 187 Å². The first-order valence-electron chi connectivity index (χ1n) is 9.60. The van der Waals surface area contributed by atoms with E-state index in [1.54, 1.807) is 35.7 Å². The highest BCUT2D eigenvalue weighted by Gasteiger charge is 2.25. The maximum atomic E-state index is 13.0. The van der Waals surface area contributed by atoms with Crippen LogP contribution < -0.4 is 5.32 Å². The summed E-state index contributed by atoms with van der Waals surface area (Å²) in [6.07, 6.45) is 1.19. The van der Waals surface area contributed by atoms with Crippen LogP contribution in [0.2, 0.25) is 10.0 Å². The molecule has 0 aliphatic rings. The van der Waals surface area contributed by atoms with Gasteiger partial charge in [-0.2, -0.15) is 0 Å². The fourth-order valence-electron chi connectivity index (χ4n) is 2.70. The van der Waals surface area contributed by atoms with Crippen molar-refractivity contribution in [1.29, 1.82) is 0 Å². The Balaban J connectivity index is 2.03. The van der Waals surface area contributed by atoms with Crippen molar-refractivity contribution in [3.8, 4) is 0 Å². The minimum Gasteiger partial charge on any atom is -0.354 e. The van der Waals surface area contributed by atoms with Crippen LogP contribution in [-0.2, 0) is 16.1 Å². The van der Waals surface area contributed by atoms with Crippen molar-refractivity contribution in [2.45, 2.75) is 44.2 Å². The van der Waals surface area contributed by atoms with Gasteiger partial charge in [0.2, 0.25) is 11.8 Å². The molecule has 4 nitrogen and oxygen atoms in total. The van der Waals surface area contributed by atoms with E-state index in [1.807, 2.05) is 43.3 Å². The van der Waals surface area contributed by atoms with Gasteiger partial charge < -0.3 is 10.2 Å². The lowest BCUT2D eigenvalue weighted by atomic mass is 10.1. The molecule has 156 valence electrons. The van der Waals surface area contributed by atoms with Gasteiger partial charge in [-0.1, -0.05) is 42.3 Å². The van der Waals surface area contributed by atoms with Crippen molar-refractivity contribution >= 4 is 46.8 Å². The van der Waals surface area contributed by atoms with Gasteiger partial charge in [-0.05, 0) is 55.3 Å². The number of rotatable bonds is 10. The summed E-state index contributed by atoms with van der Waals surface area (Å²) in [6, 6.07) is 14.3. The van der Waals surface area contributed by atoms with Crippen LogP contribution in [0.25, 0.3) is 0 Å². The first-order valence-corrected chi connectivity index (χ1v) is 11.3. The second-order valence-electron chi connectivity index (χ2n) is 6.67. The van der Waals surface area contributed by atoms with Gasteiger partial charge in [-0.3, -0.25) is 9.59 Å². The largest absolute Gasteiger partial charge is 0.354 e. The maximum Gasteiger partial charge on any atom is 0.242 e. The average molecular weight is 453 g/mol. The summed E-state index contributed by atoms with van der Waals surface area (Å²) >= 11 is 13.5. The van der Waals surface area contributed by atoms with Gasteiger partial charge in [0, 0.05) is 40.2 Å². The number of nitrogens with one attached hydrogen (secondary N) is 1. The smallest absolute Gasteiger partial charge is 0.242 e. The Kier molecular flexibility index (Phi) is 9.85. The zero-order valence-corrected chi connectivity index (χ0v) is 19.0. The molecule has 2 aromatic rings. The lowest BCUT2D eigenvalue weighted by molar-refractivity contribution is -0.140. The second-order valence-corrected chi connectivity index (χ2v) is 8.71. The van der Waals surface area contributed by atoms with Gasteiger partial charge in [0.05, 0.1) is 0 Å². The first-order chi connectivity index (χ1) is 13.9. The van der Waals surface area contributed by atoms with E-state index in [9.17, 15) is 9.59 Å². The summed E-state index contributed by atoms with van der Waals surface area (Å²) in [4.78, 5) is 28.1. The number of carbonyl (C=O) groups is 2. The van der Waals surface area contributed by atoms with Gasteiger partial charge in [-0.15, -0.1) is 11.8 Å². The van der Waals surface area contributed by atoms with Gasteiger partial charge in [0.15, 0.2) is 0 Å². The molecule has 29 heavy (non-hydrogen) atoms. The molecule has 0 aliphatic heterocycles. The molecule has 7 heteroatoms. The molecule has 2 rings (SSSR count). The normalized spacial score (nSPS) is 11.7. The van der Waals surface area contributed by atoms with E-state index in [1.165, 1.54) is 0 Å². The van der Waals surface area contributed by atoms with E-state index >= 15 is 0 Å². The Morgan fingerprint density at radius 3 is 2.21 bits per heavy atom. The Bertz CT molecular complexity index is 797. The molecular formula is C22H26Cl2N2O2S. The predicted octanol–water partition coefficient (Wildman–Crippen LogP) is 5.42. The van der Waals surface area contributed by atoms with Gasteiger partial charge in [0.1, 0.15) is 6.04 Å². The predicted molar refractivity (Wildman–Crippen MR) is 122 cm³/mol. The number of hydrogen-bond donors (Lipinski definition) is 1. The zero-order chi connectivity index (χ0) is 21.2. The van der Waals surface area contributed by atoms with E-state index in [4.69, 9.17) is 23.2 Å². The topological polar surface area (TPSA) is 49.4 Å². The zero-order valence-electron chi connectivity index (χ0n) is 16.7. The molecule has 0 aromatic heterocycles. The first kappa shape index (κ1) is 23.6. The molecule has 0 heterocycles. The van der Waals surface area contributed by atoms with Crippen LogP contribution in [-0.4, -0.2) is 35.1 Å². The number of thioether (sulfide) groups is 1. The Morgan fingerprint density at radius 2 is 1.62 bits per heavy atom. The molecule has 1 unspecified atom stereocenters. The molecule has 0 fully saturated rings. The maximum absolute atomic E-state index is 13.0. The molecule has 0 radical (unpaired) electrons. The molecule has 0 bridgehead atoms. The molecule has 2 amide bonds. The number of carbonyl (C=O) groups excluding carboxylic acids is 2. The standard InChI is InChI=1S/C22H26Cl2N2O2S/c1-3-13-25-22(28)16(2)26(15-17-4-6-18(23)7-5-17)21(27)12-14-29-20-10-8-19(24)9-11-20/h4-11,16H,3,12-15H2,1-2H3,(H,25,28). The summed E-state index contributed by atoms with van der Waals surface area (Å²) in [5.74, 6) is 0.432. The third-order valence-corrected chi connectivity index (χ3v) is 5.90. The van der Waals surface area contributed by atoms with Crippen molar-refractivity contribution in [1.82, 2.24) is 10.2 Å². The molecule has 0 saturated heterocycles. The monoisotopic (exact) mass is 452 g/mol. The third-order valence-electron chi connectivity index (χ3n) is 4.38. The van der Waals surface area contributed by atoms with Gasteiger partial charge in [0.25, 0.3) is 0 Å². The average Bonchev–Trinajstić information content (AvgIpc) is 2.72. The molecule has 2 aromatic carbocycles. The van der Waals surface area contributed by atoms with E-state index in [0.29, 0.717) is 35.3 Å². The molecule has 0 saturated carbocycles. The van der Waals surface area contributed by atoms with Crippen LogP contribution in [0.15, 0.2) is 53.4 Å². The number of hydrogen-bond acceptors (Lipinski definition) is 3. The number of halogens is 2. The van der Waals surface area contributed by atoms with Crippen molar-refractivity contribution in [2.75, 3.05) is 12.3 Å². The fourth-order valence-corrected chi connectivity index (χ4v) is 3.79. The highest BCUT2D eigenvalue weighted by molar-refractivity contribution is 7.99. The lowest BCUT2D eigenvalue weighted by Gasteiger charge is -2.29. The van der Waals surface area contributed by atoms with Crippen LogP contribution in [0.5, 0.6) is 0 Å². The summed E-state index contributed by atoms with van der Waals surface area (Å²) in [5, 5.41) is 4.20. The number of nitrogens with zero attached hydrogens (tertiary/aromatic N) is 1. The van der Waals surface area contributed by atoms with Crippen molar-refractivity contribution in [2.24, 2.45) is 0 Å². The number of amides is 2. The van der Waals surface area contributed by atoms with Gasteiger partial charge >= 0.3 is 0 Å². The van der Waals surface area contributed by atoms with Crippen LogP contribution in [0, 0.1) is 0 Å². The molecular weight excluding hydrogens is 427 g/mol. The molecule has 0 spiro atoms. The van der Waals surface area contributed by atoms with Gasteiger partial charge in [-0.25, -0.2) is 0 Å². The molecule has 0 aliphatic carbocycles. The van der Waals surface area contributed by atoms with Crippen molar-refractivity contribution in [3.63, 3.8) is 0 Å².